The summed E-state index contributed by atoms with van der Waals surface area (Å²) in [5.74, 6) is 1.77. The lowest BCUT2D eigenvalue weighted by Gasteiger charge is -2.06. The minimum atomic E-state index is -0.0379. The van der Waals surface area contributed by atoms with E-state index in [2.05, 4.69) is 14.1 Å². The van der Waals surface area contributed by atoms with Crippen LogP contribution in [-0.4, -0.2) is 27.5 Å². The smallest absolute Gasteiger partial charge is 0.234 e. The van der Waals surface area contributed by atoms with Gasteiger partial charge in [-0.3, -0.25) is 4.79 Å². The van der Waals surface area contributed by atoms with Gasteiger partial charge in [0.2, 0.25) is 5.91 Å². The van der Waals surface area contributed by atoms with E-state index in [-0.39, 0.29) is 5.91 Å². The van der Waals surface area contributed by atoms with E-state index < -0.39 is 0 Å². The number of aryl methyl sites for hydroxylation is 1. The van der Waals surface area contributed by atoms with Gasteiger partial charge >= 0.3 is 0 Å². The molecule has 1 amide bonds. The molecular formula is C13H15N3O2S2. The molecule has 1 aromatic carbocycles. The highest BCUT2D eigenvalue weighted by Gasteiger charge is 2.07. The lowest BCUT2D eigenvalue weighted by atomic mass is 10.3. The maximum Gasteiger partial charge on any atom is 0.234 e. The molecule has 1 heterocycles. The van der Waals surface area contributed by atoms with E-state index >= 15 is 0 Å². The van der Waals surface area contributed by atoms with Crippen molar-refractivity contribution in [3.63, 3.8) is 0 Å². The van der Waals surface area contributed by atoms with Crippen LogP contribution in [0.1, 0.15) is 11.4 Å². The third-order valence-electron chi connectivity index (χ3n) is 2.57. The molecule has 0 aliphatic carbocycles. The summed E-state index contributed by atoms with van der Waals surface area (Å²) in [6, 6.07) is 7.30. The Kier molecular flexibility index (Phi) is 5.37. The number of methoxy groups -OCH3 is 1. The lowest BCUT2D eigenvalue weighted by molar-refractivity contribution is -0.113. The number of aromatic nitrogens is 2. The summed E-state index contributed by atoms with van der Waals surface area (Å²) in [7, 11) is 1.60. The molecule has 0 saturated carbocycles. The van der Waals surface area contributed by atoms with Crippen LogP contribution in [0.25, 0.3) is 0 Å². The first-order valence-electron chi connectivity index (χ1n) is 5.98. The second-order valence-electron chi connectivity index (χ2n) is 4.07. The molecule has 20 heavy (non-hydrogen) atoms. The maximum absolute atomic E-state index is 11.8. The predicted octanol–water partition coefficient (Wildman–Crippen LogP) is 2.73. The molecule has 0 aliphatic rings. The van der Waals surface area contributed by atoms with Crippen LogP contribution in [0, 0.1) is 6.92 Å². The first-order valence-corrected chi connectivity index (χ1v) is 7.87. The van der Waals surface area contributed by atoms with Crippen molar-refractivity contribution in [3.8, 4) is 5.75 Å². The Morgan fingerprint density at radius 3 is 3.00 bits per heavy atom. The molecule has 0 radical (unpaired) electrons. The highest BCUT2D eigenvalue weighted by Crippen LogP contribution is 2.18. The van der Waals surface area contributed by atoms with Crippen molar-refractivity contribution in [3.05, 3.63) is 35.7 Å². The van der Waals surface area contributed by atoms with Crippen molar-refractivity contribution < 1.29 is 9.53 Å². The molecule has 2 rings (SSSR count). The molecule has 0 aliphatic heterocycles. The van der Waals surface area contributed by atoms with Gasteiger partial charge < -0.3 is 10.1 Å². The zero-order valence-corrected chi connectivity index (χ0v) is 12.9. The Balaban J connectivity index is 1.79. The molecule has 0 bridgehead atoms. The van der Waals surface area contributed by atoms with E-state index in [1.54, 1.807) is 13.2 Å². The molecule has 0 spiro atoms. The SMILES string of the molecule is COc1cccc(NC(=O)CSCc2nsnc2C)c1. The zero-order chi connectivity index (χ0) is 14.4. The molecule has 2 aromatic rings. The van der Waals surface area contributed by atoms with Crippen molar-refractivity contribution in [2.75, 3.05) is 18.2 Å². The monoisotopic (exact) mass is 309 g/mol. The highest BCUT2D eigenvalue weighted by molar-refractivity contribution is 7.99. The van der Waals surface area contributed by atoms with Gasteiger partial charge in [-0.25, -0.2) is 0 Å². The van der Waals surface area contributed by atoms with Crippen molar-refractivity contribution >= 4 is 35.1 Å². The van der Waals surface area contributed by atoms with Gasteiger partial charge in [0, 0.05) is 17.5 Å². The lowest BCUT2D eigenvalue weighted by Crippen LogP contribution is -2.14. The molecule has 106 valence electrons. The van der Waals surface area contributed by atoms with E-state index in [0.717, 1.165) is 22.8 Å². The summed E-state index contributed by atoms with van der Waals surface area (Å²) in [5.41, 5.74) is 2.63. The average molecular weight is 309 g/mol. The van der Waals surface area contributed by atoms with E-state index in [1.165, 1.54) is 23.5 Å². The maximum atomic E-state index is 11.8. The fraction of sp³-hybridized carbons (Fsp3) is 0.308. The predicted molar refractivity (Wildman–Crippen MR) is 82.4 cm³/mol. The molecule has 1 N–H and O–H groups in total. The molecule has 7 heteroatoms. The molecule has 0 fully saturated rings. The number of ether oxygens (including phenoxy) is 1. The number of benzene rings is 1. The third kappa shape index (κ3) is 4.21. The summed E-state index contributed by atoms with van der Waals surface area (Å²) >= 11 is 2.73. The Morgan fingerprint density at radius 1 is 1.45 bits per heavy atom. The quantitative estimate of drug-likeness (QED) is 0.889. The van der Waals surface area contributed by atoms with E-state index in [4.69, 9.17) is 4.74 Å². The van der Waals surface area contributed by atoms with Gasteiger partial charge in [-0.05, 0) is 19.1 Å². The van der Waals surface area contributed by atoms with Crippen molar-refractivity contribution in [1.29, 1.82) is 0 Å². The summed E-state index contributed by atoms with van der Waals surface area (Å²) in [6.07, 6.45) is 0. The summed E-state index contributed by atoms with van der Waals surface area (Å²) in [6.45, 7) is 1.93. The van der Waals surface area contributed by atoms with Crippen LogP contribution in [0.4, 0.5) is 5.69 Å². The third-order valence-corrected chi connectivity index (χ3v) is 4.17. The normalized spacial score (nSPS) is 10.3. The highest BCUT2D eigenvalue weighted by atomic mass is 32.2. The molecule has 0 unspecified atom stereocenters. The number of thioether (sulfide) groups is 1. The van der Waals surface area contributed by atoms with Gasteiger partial charge in [0.15, 0.2) is 0 Å². The second kappa shape index (κ2) is 7.25. The molecule has 1 aromatic heterocycles. The fourth-order valence-corrected chi connectivity index (χ4v) is 2.99. The number of carbonyl (C=O) groups excluding carboxylic acids is 1. The van der Waals surface area contributed by atoms with Crippen LogP contribution in [0.2, 0.25) is 0 Å². The summed E-state index contributed by atoms with van der Waals surface area (Å²) < 4.78 is 13.4. The van der Waals surface area contributed by atoms with Gasteiger partial charge in [0.05, 0.1) is 36.0 Å². The number of nitrogens with one attached hydrogen (secondary N) is 1. The van der Waals surface area contributed by atoms with Crippen molar-refractivity contribution in [2.45, 2.75) is 12.7 Å². The van der Waals surface area contributed by atoms with Crippen LogP contribution in [-0.2, 0) is 10.5 Å². The van der Waals surface area contributed by atoms with Crippen LogP contribution in [0.15, 0.2) is 24.3 Å². The minimum Gasteiger partial charge on any atom is -0.497 e. The number of nitrogens with zero attached hydrogens (tertiary/aromatic N) is 2. The van der Waals surface area contributed by atoms with Gasteiger partial charge in [-0.1, -0.05) is 6.07 Å². The number of hydrogen-bond donors (Lipinski definition) is 1. The van der Waals surface area contributed by atoms with Gasteiger partial charge in [0.1, 0.15) is 5.75 Å². The van der Waals surface area contributed by atoms with Crippen LogP contribution in [0.3, 0.4) is 0 Å². The Morgan fingerprint density at radius 2 is 2.30 bits per heavy atom. The van der Waals surface area contributed by atoms with E-state index in [0.29, 0.717) is 11.5 Å². The first-order chi connectivity index (χ1) is 9.69. The molecular weight excluding hydrogens is 294 g/mol. The van der Waals surface area contributed by atoms with Gasteiger partial charge in [0.25, 0.3) is 0 Å². The van der Waals surface area contributed by atoms with Crippen LogP contribution < -0.4 is 10.1 Å². The number of carbonyl (C=O) groups is 1. The Bertz CT molecular complexity index is 587. The van der Waals surface area contributed by atoms with Gasteiger partial charge in [-0.15, -0.1) is 11.8 Å². The molecule has 0 saturated heterocycles. The largest absolute Gasteiger partial charge is 0.497 e. The fourth-order valence-electron chi connectivity index (χ4n) is 1.52. The number of hydrogen-bond acceptors (Lipinski definition) is 6. The molecule has 0 atom stereocenters. The van der Waals surface area contributed by atoms with Crippen molar-refractivity contribution in [1.82, 2.24) is 8.75 Å². The van der Waals surface area contributed by atoms with Crippen molar-refractivity contribution in [2.24, 2.45) is 0 Å². The van der Waals surface area contributed by atoms with E-state index in [9.17, 15) is 4.79 Å². The van der Waals surface area contributed by atoms with Crippen LogP contribution in [0.5, 0.6) is 5.75 Å². The standard InChI is InChI=1S/C13H15N3O2S2/c1-9-12(16-20-15-9)7-19-8-13(17)14-10-4-3-5-11(6-10)18-2/h3-6H,7-8H2,1-2H3,(H,14,17). The Labute approximate surface area is 126 Å². The topological polar surface area (TPSA) is 64.1 Å². The Hall–Kier alpha value is -1.60. The van der Waals surface area contributed by atoms with Crippen LogP contribution >= 0.6 is 23.5 Å². The number of rotatable bonds is 6. The zero-order valence-electron chi connectivity index (χ0n) is 11.3. The summed E-state index contributed by atoms with van der Waals surface area (Å²) in [4.78, 5) is 11.8. The number of anilines is 1. The van der Waals surface area contributed by atoms with E-state index in [1.807, 2.05) is 25.1 Å². The van der Waals surface area contributed by atoms with Gasteiger partial charge in [-0.2, -0.15) is 8.75 Å². The summed E-state index contributed by atoms with van der Waals surface area (Å²) in [5, 5.41) is 2.84. The minimum absolute atomic E-state index is 0.0379. The second-order valence-corrected chi connectivity index (χ2v) is 5.58. The first kappa shape index (κ1) is 14.8. The molecule has 5 nitrogen and oxygen atoms in total. The number of amides is 1. The average Bonchev–Trinajstić information content (AvgIpc) is 2.85.